The SMILES string of the molecule is CC#Cc1cc(C)c(C#CC)cc1C. The van der Waals surface area contributed by atoms with Gasteiger partial charge in [0.1, 0.15) is 0 Å². The van der Waals surface area contributed by atoms with Gasteiger partial charge in [-0.3, -0.25) is 0 Å². The molecule has 0 aliphatic rings. The maximum atomic E-state index is 3.09. The second-order valence-electron chi connectivity index (χ2n) is 3.23. The first-order valence-electron chi connectivity index (χ1n) is 4.65. The lowest BCUT2D eigenvalue weighted by Crippen LogP contribution is -1.89. The summed E-state index contributed by atoms with van der Waals surface area (Å²) >= 11 is 0. The highest BCUT2D eigenvalue weighted by atomic mass is 14.0. The van der Waals surface area contributed by atoms with Crippen LogP contribution in [0.2, 0.25) is 0 Å². The lowest BCUT2D eigenvalue weighted by molar-refractivity contribution is 1.35. The Balaban J connectivity index is 3.33. The lowest BCUT2D eigenvalue weighted by Gasteiger charge is -2.03. The van der Waals surface area contributed by atoms with Crippen LogP contribution in [0.1, 0.15) is 36.1 Å². The zero-order valence-corrected chi connectivity index (χ0v) is 9.15. The van der Waals surface area contributed by atoms with Crippen LogP contribution in [0.4, 0.5) is 0 Å². The molecule has 0 aliphatic carbocycles. The first-order chi connectivity index (χ1) is 6.69. The molecule has 0 bridgehead atoms. The highest BCUT2D eigenvalue weighted by molar-refractivity contribution is 5.51. The highest BCUT2D eigenvalue weighted by Crippen LogP contribution is 2.14. The van der Waals surface area contributed by atoms with Gasteiger partial charge in [0.25, 0.3) is 0 Å². The van der Waals surface area contributed by atoms with Crippen molar-refractivity contribution in [2.45, 2.75) is 27.7 Å². The third kappa shape index (κ3) is 2.18. The highest BCUT2D eigenvalue weighted by Gasteiger charge is 2.00. The Morgan fingerprint density at radius 2 is 1.14 bits per heavy atom. The van der Waals surface area contributed by atoms with E-state index in [1.165, 1.54) is 11.1 Å². The summed E-state index contributed by atoms with van der Waals surface area (Å²) in [6.45, 7) is 7.85. The van der Waals surface area contributed by atoms with Gasteiger partial charge in [0.05, 0.1) is 0 Å². The zero-order valence-electron chi connectivity index (χ0n) is 9.15. The van der Waals surface area contributed by atoms with E-state index in [-0.39, 0.29) is 0 Å². The van der Waals surface area contributed by atoms with E-state index in [0.29, 0.717) is 0 Å². The molecule has 14 heavy (non-hydrogen) atoms. The molecule has 0 radical (unpaired) electrons. The summed E-state index contributed by atoms with van der Waals surface area (Å²) in [6, 6.07) is 4.21. The number of aryl methyl sites for hydroxylation is 2. The van der Waals surface area contributed by atoms with Crippen molar-refractivity contribution in [1.29, 1.82) is 0 Å². The van der Waals surface area contributed by atoms with E-state index in [2.05, 4.69) is 49.7 Å². The molecule has 0 saturated heterocycles. The van der Waals surface area contributed by atoms with Crippen molar-refractivity contribution in [3.63, 3.8) is 0 Å². The zero-order chi connectivity index (χ0) is 10.6. The van der Waals surface area contributed by atoms with Gasteiger partial charge in [0.2, 0.25) is 0 Å². The Kier molecular flexibility index (Phi) is 3.38. The van der Waals surface area contributed by atoms with Crippen LogP contribution >= 0.6 is 0 Å². The van der Waals surface area contributed by atoms with Gasteiger partial charge in [0.15, 0.2) is 0 Å². The third-order valence-corrected chi connectivity index (χ3v) is 2.09. The minimum Gasteiger partial charge on any atom is -0.101 e. The number of hydrogen-bond donors (Lipinski definition) is 0. The molecule has 1 rings (SSSR count). The normalized spacial score (nSPS) is 8.29. The smallest absolute Gasteiger partial charge is 0.0277 e. The average Bonchev–Trinajstić information content (AvgIpc) is 2.14. The van der Waals surface area contributed by atoms with Gasteiger partial charge in [-0.05, 0) is 51.0 Å². The first-order valence-corrected chi connectivity index (χ1v) is 4.65. The van der Waals surface area contributed by atoms with E-state index in [1.54, 1.807) is 0 Å². The van der Waals surface area contributed by atoms with Crippen molar-refractivity contribution in [2.24, 2.45) is 0 Å². The molecule has 0 saturated carbocycles. The average molecular weight is 182 g/mol. The fourth-order valence-corrected chi connectivity index (χ4v) is 1.35. The first kappa shape index (κ1) is 10.4. The van der Waals surface area contributed by atoms with Gasteiger partial charge in [-0.25, -0.2) is 0 Å². The molecule has 0 amide bonds. The molecular formula is C14H14. The second kappa shape index (κ2) is 4.54. The molecule has 0 atom stereocenters. The molecule has 0 aromatic heterocycles. The minimum atomic E-state index is 1.10. The Bertz CT molecular complexity index is 411. The van der Waals surface area contributed by atoms with Crippen molar-refractivity contribution < 1.29 is 0 Å². The summed E-state index contributed by atoms with van der Waals surface area (Å²) in [4.78, 5) is 0. The molecule has 0 fully saturated rings. The summed E-state index contributed by atoms with van der Waals surface area (Å²) in [6.07, 6.45) is 0. The molecule has 0 heteroatoms. The molecule has 0 spiro atoms. The van der Waals surface area contributed by atoms with E-state index < -0.39 is 0 Å². The van der Waals surface area contributed by atoms with Gasteiger partial charge < -0.3 is 0 Å². The fourth-order valence-electron chi connectivity index (χ4n) is 1.35. The molecule has 0 nitrogen and oxygen atoms in total. The van der Waals surface area contributed by atoms with Crippen LogP contribution in [0.25, 0.3) is 0 Å². The van der Waals surface area contributed by atoms with E-state index >= 15 is 0 Å². The molecular weight excluding hydrogens is 168 g/mol. The Labute approximate surface area is 86.3 Å². The van der Waals surface area contributed by atoms with Crippen LogP contribution in [0.3, 0.4) is 0 Å². The maximum Gasteiger partial charge on any atom is 0.0277 e. The van der Waals surface area contributed by atoms with Crippen LogP contribution in [-0.4, -0.2) is 0 Å². The number of rotatable bonds is 0. The predicted octanol–water partition coefficient (Wildman–Crippen LogP) is 3.05. The quantitative estimate of drug-likeness (QED) is 0.541. The second-order valence-corrected chi connectivity index (χ2v) is 3.23. The number of hydrogen-bond acceptors (Lipinski definition) is 0. The van der Waals surface area contributed by atoms with Crippen LogP contribution in [0.15, 0.2) is 12.1 Å². The standard InChI is InChI=1S/C14H14/c1-5-7-13-9-12(4)14(8-6-2)10-11(13)3/h9-10H,1-4H3. The summed E-state index contributed by atoms with van der Waals surface area (Å²) in [5, 5.41) is 0. The van der Waals surface area contributed by atoms with E-state index in [1.807, 2.05) is 13.8 Å². The van der Waals surface area contributed by atoms with Crippen molar-refractivity contribution in [1.82, 2.24) is 0 Å². The minimum absolute atomic E-state index is 1.10. The fraction of sp³-hybridized carbons (Fsp3) is 0.286. The summed E-state index contributed by atoms with van der Waals surface area (Å²) in [5.74, 6) is 12.0. The molecule has 0 unspecified atom stereocenters. The van der Waals surface area contributed by atoms with Crippen LogP contribution in [0.5, 0.6) is 0 Å². The van der Waals surface area contributed by atoms with Crippen LogP contribution < -0.4 is 0 Å². The van der Waals surface area contributed by atoms with Crippen LogP contribution in [0, 0.1) is 37.5 Å². The van der Waals surface area contributed by atoms with Gasteiger partial charge in [-0.15, -0.1) is 11.8 Å². The maximum absolute atomic E-state index is 3.09. The van der Waals surface area contributed by atoms with E-state index in [9.17, 15) is 0 Å². The Morgan fingerprint density at radius 1 is 0.786 bits per heavy atom. The third-order valence-electron chi connectivity index (χ3n) is 2.09. The van der Waals surface area contributed by atoms with Crippen molar-refractivity contribution in [2.75, 3.05) is 0 Å². The van der Waals surface area contributed by atoms with Gasteiger partial charge >= 0.3 is 0 Å². The largest absolute Gasteiger partial charge is 0.101 e. The molecule has 1 aromatic rings. The van der Waals surface area contributed by atoms with Crippen LogP contribution in [-0.2, 0) is 0 Å². The van der Waals surface area contributed by atoms with Crippen molar-refractivity contribution in [3.8, 4) is 23.7 Å². The van der Waals surface area contributed by atoms with Crippen molar-refractivity contribution >= 4 is 0 Å². The van der Waals surface area contributed by atoms with E-state index in [0.717, 1.165) is 11.1 Å². The monoisotopic (exact) mass is 182 g/mol. The molecule has 0 aliphatic heterocycles. The summed E-state index contributed by atoms with van der Waals surface area (Å²) in [7, 11) is 0. The molecule has 0 N–H and O–H groups in total. The Morgan fingerprint density at radius 3 is 1.43 bits per heavy atom. The lowest BCUT2D eigenvalue weighted by atomic mass is 10.0. The summed E-state index contributed by atoms with van der Waals surface area (Å²) < 4.78 is 0. The van der Waals surface area contributed by atoms with Gasteiger partial charge in [0, 0.05) is 11.1 Å². The molecule has 0 heterocycles. The summed E-state index contributed by atoms with van der Waals surface area (Å²) in [5.41, 5.74) is 4.60. The van der Waals surface area contributed by atoms with Gasteiger partial charge in [-0.2, -0.15) is 0 Å². The van der Waals surface area contributed by atoms with Crippen molar-refractivity contribution in [3.05, 3.63) is 34.4 Å². The molecule has 70 valence electrons. The van der Waals surface area contributed by atoms with E-state index in [4.69, 9.17) is 0 Å². The number of benzene rings is 1. The topological polar surface area (TPSA) is 0 Å². The molecule has 1 aromatic carbocycles. The Hall–Kier alpha value is -1.66. The predicted molar refractivity (Wildman–Crippen MR) is 61.0 cm³/mol. The van der Waals surface area contributed by atoms with Gasteiger partial charge in [-0.1, -0.05) is 11.8 Å².